The Bertz CT molecular complexity index is 873. The van der Waals surface area contributed by atoms with E-state index < -0.39 is 11.7 Å². The molecule has 0 bridgehead atoms. The molecule has 1 aliphatic carbocycles. The number of hydrogen-bond acceptors (Lipinski definition) is 4. The number of rotatable bonds is 2. The lowest BCUT2D eigenvalue weighted by molar-refractivity contribution is -0.0498. The largest absolute Gasteiger partial charge is 0.483 e. The second-order valence-corrected chi connectivity index (χ2v) is 8.32. The molecule has 7 nitrogen and oxygen atoms in total. The van der Waals surface area contributed by atoms with Crippen LogP contribution < -0.4 is 10.1 Å². The maximum Gasteiger partial charge on any atom is 0.317 e. The van der Waals surface area contributed by atoms with Crippen molar-refractivity contribution in [2.24, 2.45) is 7.05 Å². The molecule has 2 fully saturated rings. The van der Waals surface area contributed by atoms with E-state index in [1.165, 1.54) is 5.56 Å². The smallest absolute Gasteiger partial charge is 0.317 e. The molecule has 0 radical (unpaired) electrons. The lowest BCUT2D eigenvalue weighted by Crippen LogP contribution is -2.54. The number of aryl methyl sites for hydroxylation is 1. The SMILES string of the molecule is Cn1ncc2c1[C@@H](O)CC1(CCN(C(=O)N[C@@H]3C[C@H]3c3ccccc3)CC1)O2. The summed E-state index contributed by atoms with van der Waals surface area (Å²) in [6.45, 7) is 1.27. The van der Waals surface area contributed by atoms with Gasteiger partial charge in [0.05, 0.1) is 6.20 Å². The van der Waals surface area contributed by atoms with Gasteiger partial charge < -0.3 is 20.1 Å². The van der Waals surface area contributed by atoms with Crippen molar-refractivity contribution in [2.45, 2.75) is 49.3 Å². The van der Waals surface area contributed by atoms with E-state index in [1.54, 1.807) is 10.9 Å². The van der Waals surface area contributed by atoms with Gasteiger partial charge in [-0.3, -0.25) is 4.68 Å². The van der Waals surface area contributed by atoms with Crippen molar-refractivity contribution < 1.29 is 14.6 Å². The van der Waals surface area contributed by atoms with Gasteiger partial charge in [0.25, 0.3) is 0 Å². The molecule has 7 heteroatoms. The summed E-state index contributed by atoms with van der Waals surface area (Å²) in [5.74, 6) is 1.10. The van der Waals surface area contributed by atoms with Crippen molar-refractivity contribution in [3.05, 3.63) is 47.8 Å². The number of fused-ring (bicyclic) bond motifs is 1. The Morgan fingerprint density at radius 1 is 1.29 bits per heavy atom. The Morgan fingerprint density at radius 3 is 2.79 bits per heavy atom. The van der Waals surface area contributed by atoms with Gasteiger partial charge >= 0.3 is 6.03 Å². The molecule has 1 spiro atoms. The summed E-state index contributed by atoms with van der Waals surface area (Å²) >= 11 is 0. The number of aliphatic hydroxyl groups excluding tert-OH is 1. The van der Waals surface area contributed by atoms with Crippen LogP contribution in [0.1, 0.15) is 49.0 Å². The van der Waals surface area contributed by atoms with E-state index in [0.717, 1.165) is 25.0 Å². The molecular weight excluding hydrogens is 356 g/mol. The third-order valence-corrected chi connectivity index (χ3v) is 6.45. The van der Waals surface area contributed by atoms with Crippen molar-refractivity contribution in [3.8, 4) is 5.75 Å². The number of urea groups is 1. The van der Waals surface area contributed by atoms with Gasteiger partial charge in [0, 0.05) is 51.4 Å². The first-order valence-electron chi connectivity index (χ1n) is 10.0. The van der Waals surface area contributed by atoms with Crippen molar-refractivity contribution in [3.63, 3.8) is 0 Å². The van der Waals surface area contributed by atoms with Crippen LogP contribution >= 0.6 is 0 Å². The summed E-state index contributed by atoms with van der Waals surface area (Å²) in [5, 5.41) is 17.9. The first kappa shape index (κ1) is 17.6. The molecule has 0 unspecified atom stereocenters. The van der Waals surface area contributed by atoms with Gasteiger partial charge in [-0.15, -0.1) is 0 Å². The predicted molar refractivity (Wildman–Crippen MR) is 103 cm³/mol. The molecule has 3 heterocycles. The average Bonchev–Trinajstić information content (AvgIpc) is 3.36. The fourth-order valence-corrected chi connectivity index (χ4v) is 4.71. The highest BCUT2D eigenvalue weighted by Crippen LogP contribution is 2.44. The summed E-state index contributed by atoms with van der Waals surface area (Å²) in [6.07, 6.45) is 4.10. The minimum Gasteiger partial charge on any atom is -0.483 e. The third-order valence-electron chi connectivity index (χ3n) is 6.45. The van der Waals surface area contributed by atoms with E-state index in [9.17, 15) is 9.90 Å². The Labute approximate surface area is 164 Å². The van der Waals surface area contributed by atoms with Gasteiger partial charge in [0.2, 0.25) is 0 Å². The highest BCUT2D eigenvalue weighted by Gasteiger charge is 2.46. The van der Waals surface area contributed by atoms with E-state index in [-0.39, 0.29) is 12.1 Å². The van der Waals surface area contributed by atoms with E-state index in [0.29, 0.717) is 31.2 Å². The molecular formula is C21H26N4O3. The normalized spacial score (nSPS) is 27.8. The molecule has 1 saturated heterocycles. The molecule has 5 rings (SSSR count). The number of benzene rings is 1. The number of hydrogen-bond donors (Lipinski definition) is 2. The lowest BCUT2D eigenvalue weighted by atomic mass is 9.83. The molecule has 2 amide bonds. The summed E-state index contributed by atoms with van der Waals surface area (Å²) < 4.78 is 7.92. The minimum atomic E-state index is -0.574. The Hall–Kier alpha value is -2.54. The van der Waals surface area contributed by atoms with Crippen LogP contribution in [0.5, 0.6) is 5.75 Å². The number of amides is 2. The molecule has 28 heavy (non-hydrogen) atoms. The Balaban J connectivity index is 1.17. The van der Waals surface area contributed by atoms with Crippen LogP contribution in [-0.4, -0.2) is 50.6 Å². The van der Waals surface area contributed by atoms with Crippen molar-refractivity contribution >= 4 is 6.03 Å². The van der Waals surface area contributed by atoms with Crippen LogP contribution in [0.25, 0.3) is 0 Å². The fraction of sp³-hybridized carbons (Fsp3) is 0.524. The van der Waals surface area contributed by atoms with Crippen LogP contribution in [-0.2, 0) is 7.05 Å². The van der Waals surface area contributed by atoms with Gasteiger partial charge in [-0.05, 0) is 12.0 Å². The Morgan fingerprint density at radius 2 is 2.04 bits per heavy atom. The van der Waals surface area contributed by atoms with Crippen LogP contribution in [0.3, 0.4) is 0 Å². The third kappa shape index (κ3) is 3.03. The number of likely N-dealkylation sites (tertiary alicyclic amines) is 1. The number of ether oxygens (including phenoxy) is 1. The van der Waals surface area contributed by atoms with Gasteiger partial charge in [-0.2, -0.15) is 5.10 Å². The molecule has 1 aromatic heterocycles. The molecule has 3 atom stereocenters. The predicted octanol–water partition coefficient (Wildman–Crippen LogP) is 2.34. The minimum absolute atomic E-state index is 0.0108. The number of carbonyl (C=O) groups excluding carboxylic acids is 1. The zero-order valence-corrected chi connectivity index (χ0v) is 16.0. The van der Waals surface area contributed by atoms with Crippen molar-refractivity contribution in [2.75, 3.05) is 13.1 Å². The maximum atomic E-state index is 12.7. The first-order chi connectivity index (χ1) is 13.5. The number of piperidine rings is 1. The van der Waals surface area contributed by atoms with Crippen molar-refractivity contribution in [1.29, 1.82) is 0 Å². The molecule has 2 N–H and O–H groups in total. The molecule has 1 aromatic carbocycles. The van der Waals surface area contributed by atoms with Crippen LogP contribution in [0.4, 0.5) is 4.79 Å². The number of carbonyl (C=O) groups is 1. The highest BCUT2D eigenvalue weighted by atomic mass is 16.5. The van der Waals surface area contributed by atoms with Gasteiger partial charge in [-0.1, -0.05) is 30.3 Å². The zero-order chi connectivity index (χ0) is 19.3. The molecule has 1 saturated carbocycles. The maximum absolute atomic E-state index is 12.7. The molecule has 148 valence electrons. The molecule has 3 aliphatic rings. The van der Waals surface area contributed by atoms with Crippen LogP contribution in [0.15, 0.2) is 36.5 Å². The van der Waals surface area contributed by atoms with Gasteiger partial charge in [0.1, 0.15) is 17.4 Å². The molecule has 2 aromatic rings. The monoisotopic (exact) mass is 382 g/mol. The van der Waals surface area contributed by atoms with Gasteiger partial charge in [0.15, 0.2) is 5.75 Å². The lowest BCUT2D eigenvalue weighted by Gasteiger charge is -2.45. The van der Waals surface area contributed by atoms with E-state index >= 15 is 0 Å². The van der Waals surface area contributed by atoms with Crippen LogP contribution in [0, 0.1) is 0 Å². The second kappa shape index (κ2) is 6.51. The number of nitrogens with one attached hydrogen (secondary N) is 1. The van der Waals surface area contributed by atoms with E-state index in [2.05, 4.69) is 22.5 Å². The van der Waals surface area contributed by atoms with E-state index in [4.69, 9.17) is 4.74 Å². The quantitative estimate of drug-likeness (QED) is 0.836. The average molecular weight is 382 g/mol. The second-order valence-electron chi connectivity index (χ2n) is 8.32. The summed E-state index contributed by atoms with van der Waals surface area (Å²) in [4.78, 5) is 14.5. The molecule has 2 aliphatic heterocycles. The fourth-order valence-electron chi connectivity index (χ4n) is 4.71. The topological polar surface area (TPSA) is 79.6 Å². The number of aromatic nitrogens is 2. The zero-order valence-electron chi connectivity index (χ0n) is 16.0. The highest BCUT2D eigenvalue weighted by molar-refractivity contribution is 5.75. The standard InChI is InChI=1S/C21H26N4O3/c1-24-19-17(26)12-21(28-18(19)13-22-24)7-9-25(10-8-21)20(27)23-16-11-15(16)14-5-3-2-4-6-14/h2-6,13,15-17,26H,7-12H2,1H3,(H,23,27)/t15-,16+,17-/m0/s1. The summed E-state index contributed by atoms with van der Waals surface area (Å²) in [6, 6.07) is 10.6. The van der Waals surface area contributed by atoms with Gasteiger partial charge in [-0.25, -0.2) is 4.79 Å². The van der Waals surface area contributed by atoms with Crippen LogP contribution in [0.2, 0.25) is 0 Å². The number of aliphatic hydroxyl groups is 1. The number of nitrogens with zero attached hydrogens (tertiary/aromatic N) is 3. The Kier molecular flexibility index (Phi) is 4.08. The van der Waals surface area contributed by atoms with E-state index in [1.807, 2.05) is 30.1 Å². The van der Waals surface area contributed by atoms with Crippen molar-refractivity contribution in [1.82, 2.24) is 20.0 Å². The first-order valence-corrected chi connectivity index (χ1v) is 10.0. The summed E-state index contributed by atoms with van der Waals surface area (Å²) in [7, 11) is 1.82. The summed E-state index contributed by atoms with van der Waals surface area (Å²) in [5.41, 5.74) is 1.63.